The third kappa shape index (κ3) is 5.08. The van der Waals surface area contributed by atoms with Gasteiger partial charge in [0.15, 0.2) is 6.61 Å². The number of benzene rings is 2. The number of hydrogen-bond acceptors (Lipinski definition) is 4. The van der Waals surface area contributed by atoms with Gasteiger partial charge in [-0.05, 0) is 48.7 Å². The van der Waals surface area contributed by atoms with Gasteiger partial charge in [0.05, 0.1) is 5.56 Å². The summed E-state index contributed by atoms with van der Waals surface area (Å²) >= 11 is 0. The van der Waals surface area contributed by atoms with Gasteiger partial charge in [-0.2, -0.15) is 0 Å². The van der Waals surface area contributed by atoms with Gasteiger partial charge in [0, 0.05) is 26.3 Å². The van der Waals surface area contributed by atoms with E-state index in [1.54, 1.807) is 12.1 Å². The molecule has 2 rings (SSSR count). The van der Waals surface area contributed by atoms with Crippen molar-refractivity contribution in [1.82, 2.24) is 5.32 Å². The predicted molar refractivity (Wildman–Crippen MR) is 98.8 cm³/mol. The Labute approximate surface area is 148 Å². The highest BCUT2D eigenvalue weighted by Gasteiger charge is 2.13. The Morgan fingerprint density at radius 1 is 1.04 bits per heavy atom. The average molecular weight is 340 g/mol. The van der Waals surface area contributed by atoms with E-state index in [2.05, 4.69) is 5.32 Å². The van der Waals surface area contributed by atoms with E-state index in [-0.39, 0.29) is 12.5 Å². The van der Waals surface area contributed by atoms with Gasteiger partial charge >= 0.3 is 5.97 Å². The average Bonchev–Trinajstić information content (AvgIpc) is 2.60. The van der Waals surface area contributed by atoms with Crippen molar-refractivity contribution < 1.29 is 14.3 Å². The molecule has 5 heteroatoms. The zero-order chi connectivity index (χ0) is 18.4. The third-order valence-corrected chi connectivity index (χ3v) is 4.10. The molecule has 0 saturated carbocycles. The van der Waals surface area contributed by atoms with Crippen LogP contribution in [0.2, 0.25) is 0 Å². The Morgan fingerprint density at radius 2 is 1.72 bits per heavy atom. The second-order valence-electron chi connectivity index (χ2n) is 6.16. The number of anilines is 1. The molecule has 2 aromatic rings. The lowest BCUT2D eigenvalue weighted by atomic mass is 10.0. The number of carbonyl (C=O) groups excluding carboxylic acids is 2. The molecule has 0 aromatic heterocycles. The number of nitrogens with one attached hydrogen (secondary N) is 1. The van der Waals surface area contributed by atoms with E-state index < -0.39 is 5.97 Å². The van der Waals surface area contributed by atoms with Gasteiger partial charge < -0.3 is 15.0 Å². The Hall–Kier alpha value is -2.82. The van der Waals surface area contributed by atoms with Crippen molar-refractivity contribution in [1.29, 1.82) is 0 Å². The van der Waals surface area contributed by atoms with Gasteiger partial charge in [0.2, 0.25) is 0 Å². The lowest BCUT2D eigenvalue weighted by molar-refractivity contribution is -0.124. The largest absolute Gasteiger partial charge is 0.452 e. The maximum Gasteiger partial charge on any atom is 0.338 e. The van der Waals surface area contributed by atoms with E-state index in [0.717, 1.165) is 22.4 Å². The monoisotopic (exact) mass is 340 g/mol. The van der Waals surface area contributed by atoms with Crippen LogP contribution < -0.4 is 10.2 Å². The summed E-state index contributed by atoms with van der Waals surface area (Å²) in [5.74, 6) is -0.804. The first-order valence-corrected chi connectivity index (χ1v) is 8.15. The van der Waals surface area contributed by atoms with Crippen LogP contribution in [0.3, 0.4) is 0 Å². The van der Waals surface area contributed by atoms with Crippen molar-refractivity contribution in [3.63, 3.8) is 0 Å². The highest BCUT2D eigenvalue weighted by molar-refractivity contribution is 5.93. The molecule has 132 valence electrons. The highest BCUT2D eigenvalue weighted by atomic mass is 16.5. The summed E-state index contributed by atoms with van der Waals surface area (Å²) in [6, 6.07) is 13.3. The Morgan fingerprint density at radius 3 is 2.36 bits per heavy atom. The molecule has 0 aliphatic heterocycles. The van der Waals surface area contributed by atoms with Gasteiger partial charge in [-0.25, -0.2) is 4.79 Å². The molecule has 0 aliphatic rings. The van der Waals surface area contributed by atoms with Crippen molar-refractivity contribution in [3.8, 4) is 0 Å². The first-order chi connectivity index (χ1) is 11.9. The van der Waals surface area contributed by atoms with Crippen LogP contribution in [0.15, 0.2) is 42.5 Å². The number of hydrogen-bond donors (Lipinski definition) is 1. The molecule has 0 fully saturated rings. The van der Waals surface area contributed by atoms with Crippen molar-refractivity contribution in [2.75, 3.05) is 25.6 Å². The Bertz CT molecular complexity index is 752. The summed E-state index contributed by atoms with van der Waals surface area (Å²) in [6.45, 7) is 3.90. The van der Waals surface area contributed by atoms with Crippen LogP contribution in [0, 0.1) is 13.8 Å². The van der Waals surface area contributed by atoms with Crippen LogP contribution in [0.1, 0.15) is 27.0 Å². The van der Waals surface area contributed by atoms with Crippen LogP contribution in [0.4, 0.5) is 5.69 Å². The van der Waals surface area contributed by atoms with E-state index in [9.17, 15) is 9.59 Å². The summed E-state index contributed by atoms with van der Waals surface area (Å²) in [7, 11) is 3.95. The van der Waals surface area contributed by atoms with Crippen LogP contribution in [0.25, 0.3) is 0 Å². The number of rotatable bonds is 6. The number of aryl methyl sites for hydroxylation is 1. The fourth-order valence-electron chi connectivity index (χ4n) is 2.34. The Balaban J connectivity index is 1.82. The molecular formula is C20H24N2O3. The SMILES string of the molecule is Cc1cccc(C(=O)OCC(=O)NCc2ccc(N(C)C)cc2)c1C. The van der Waals surface area contributed by atoms with Crippen molar-refractivity contribution >= 4 is 17.6 Å². The Kier molecular flexibility index (Phi) is 6.17. The molecule has 0 unspecified atom stereocenters. The summed E-state index contributed by atoms with van der Waals surface area (Å²) in [4.78, 5) is 26.0. The number of amides is 1. The van der Waals surface area contributed by atoms with Crippen LogP contribution in [-0.2, 0) is 16.1 Å². The first-order valence-electron chi connectivity index (χ1n) is 8.15. The fraction of sp³-hybridized carbons (Fsp3) is 0.300. The third-order valence-electron chi connectivity index (χ3n) is 4.10. The molecule has 2 aromatic carbocycles. The molecule has 0 aliphatic carbocycles. The topological polar surface area (TPSA) is 58.6 Å². The van der Waals surface area contributed by atoms with E-state index in [1.807, 2.05) is 63.2 Å². The van der Waals surface area contributed by atoms with Crippen molar-refractivity contribution in [3.05, 3.63) is 64.7 Å². The van der Waals surface area contributed by atoms with Crippen LogP contribution in [-0.4, -0.2) is 32.6 Å². The van der Waals surface area contributed by atoms with Crippen LogP contribution >= 0.6 is 0 Å². The standard InChI is InChI=1S/C20H24N2O3/c1-14-6-5-7-18(15(14)2)20(24)25-13-19(23)21-12-16-8-10-17(11-9-16)22(3)4/h5-11H,12-13H2,1-4H3,(H,21,23). The molecule has 0 spiro atoms. The molecular weight excluding hydrogens is 316 g/mol. The van der Waals surface area contributed by atoms with Crippen LogP contribution in [0.5, 0.6) is 0 Å². The number of ether oxygens (including phenoxy) is 1. The van der Waals surface area contributed by atoms with E-state index in [4.69, 9.17) is 4.74 Å². The maximum atomic E-state index is 12.1. The quantitative estimate of drug-likeness (QED) is 0.822. The lowest BCUT2D eigenvalue weighted by Crippen LogP contribution is -2.28. The van der Waals surface area contributed by atoms with E-state index in [1.165, 1.54) is 0 Å². The zero-order valence-corrected chi connectivity index (χ0v) is 15.1. The molecule has 1 amide bonds. The van der Waals surface area contributed by atoms with Gasteiger partial charge in [0.25, 0.3) is 5.91 Å². The summed E-state index contributed by atoms with van der Waals surface area (Å²) in [5.41, 5.74) is 4.46. The molecule has 25 heavy (non-hydrogen) atoms. The first kappa shape index (κ1) is 18.5. The van der Waals surface area contributed by atoms with Gasteiger partial charge in [-0.15, -0.1) is 0 Å². The van der Waals surface area contributed by atoms with Gasteiger partial charge in [-0.3, -0.25) is 4.79 Å². The number of esters is 1. The zero-order valence-electron chi connectivity index (χ0n) is 15.1. The van der Waals surface area contributed by atoms with E-state index >= 15 is 0 Å². The molecule has 5 nitrogen and oxygen atoms in total. The summed E-state index contributed by atoms with van der Waals surface area (Å²) < 4.78 is 5.11. The van der Waals surface area contributed by atoms with E-state index in [0.29, 0.717) is 12.1 Å². The predicted octanol–water partition coefficient (Wildman–Crippen LogP) is 2.84. The summed E-state index contributed by atoms with van der Waals surface area (Å²) in [6.07, 6.45) is 0. The second kappa shape index (κ2) is 8.33. The number of nitrogens with zero attached hydrogens (tertiary/aromatic N) is 1. The second-order valence-corrected chi connectivity index (χ2v) is 6.16. The lowest BCUT2D eigenvalue weighted by Gasteiger charge is -2.13. The molecule has 0 radical (unpaired) electrons. The maximum absolute atomic E-state index is 12.1. The highest BCUT2D eigenvalue weighted by Crippen LogP contribution is 2.14. The summed E-state index contributed by atoms with van der Waals surface area (Å²) in [5, 5.41) is 2.75. The molecule has 0 atom stereocenters. The molecule has 0 bridgehead atoms. The van der Waals surface area contributed by atoms with Gasteiger partial charge in [-0.1, -0.05) is 24.3 Å². The molecule has 0 saturated heterocycles. The number of carbonyl (C=O) groups is 2. The van der Waals surface area contributed by atoms with Gasteiger partial charge in [0.1, 0.15) is 0 Å². The minimum atomic E-state index is -0.480. The molecule has 1 N–H and O–H groups in total. The molecule has 0 heterocycles. The van der Waals surface area contributed by atoms with Crippen molar-refractivity contribution in [2.45, 2.75) is 20.4 Å². The fourth-order valence-corrected chi connectivity index (χ4v) is 2.34. The minimum absolute atomic E-state index is 0.290. The van der Waals surface area contributed by atoms with Crippen molar-refractivity contribution in [2.24, 2.45) is 0 Å². The minimum Gasteiger partial charge on any atom is -0.452 e. The normalized spacial score (nSPS) is 10.2. The smallest absolute Gasteiger partial charge is 0.338 e.